The first-order chi connectivity index (χ1) is 12.9. The van der Waals surface area contributed by atoms with E-state index in [1.54, 1.807) is 0 Å². The lowest BCUT2D eigenvalue weighted by molar-refractivity contribution is -0.130. The van der Waals surface area contributed by atoms with Gasteiger partial charge in [-0.3, -0.25) is 4.79 Å². The smallest absolute Gasteiger partial charge is 0.227 e. The van der Waals surface area contributed by atoms with Gasteiger partial charge in [0.25, 0.3) is 0 Å². The Morgan fingerprint density at radius 3 is 2.67 bits per heavy atom. The van der Waals surface area contributed by atoms with Gasteiger partial charge in [0, 0.05) is 37.4 Å². The fraction of sp³-hybridized carbons (Fsp3) is 0.500. The maximum Gasteiger partial charge on any atom is 0.227 e. The Bertz CT molecular complexity index is 877. The Balaban J connectivity index is 1.73. The molecule has 1 aliphatic heterocycles. The molecular weight excluding hydrogens is 342 g/mol. The zero-order valence-corrected chi connectivity index (χ0v) is 16.4. The minimum atomic E-state index is 0.0835. The number of amides is 1. The van der Waals surface area contributed by atoms with Crippen molar-refractivity contribution in [2.45, 2.75) is 40.5 Å². The largest absolute Gasteiger partial charge is 0.361 e. The monoisotopic (exact) mass is 367 g/mol. The summed E-state index contributed by atoms with van der Waals surface area (Å²) in [5, 5.41) is 13.5. The molecule has 1 amide bonds. The standard InChI is InChI=1S/C20H25N5O2/c1-13-10-14(2)22-20(18(13)12-21)25-7-5-6-24(8-9-25)19(26)11-17-15(3)23-27-16(17)4/h10H,5-9,11H2,1-4H3. The van der Waals surface area contributed by atoms with E-state index in [1.807, 2.05) is 38.7 Å². The molecule has 2 aromatic rings. The number of carbonyl (C=O) groups is 1. The minimum absolute atomic E-state index is 0.0835. The van der Waals surface area contributed by atoms with Crippen LogP contribution in [0, 0.1) is 39.0 Å². The molecule has 1 aliphatic rings. The van der Waals surface area contributed by atoms with Crippen LogP contribution in [0.3, 0.4) is 0 Å². The van der Waals surface area contributed by atoms with Crippen molar-refractivity contribution in [2.24, 2.45) is 0 Å². The number of nitriles is 1. The van der Waals surface area contributed by atoms with Crippen molar-refractivity contribution >= 4 is 11.7 Å². The van der Waals surface area contributed by atoms with E-state index in [2.05, 4.69) is 21.1 Å². The second kappa shape index (κ2) is 7.78. The van der Waals surface area contributed by atoms with E-state index in [0.29, 0.717) is 37.4 Å². The zero-order chi connectivity index (χ0) is 19.6. The third kappa shape index (κ3) is 3.95. The molecule has 0 aromatic carbocycles. The molecule has 142 valence electrons. The van der Waals surface area contributed by atoms with Gasteiger partial charge in [-0.15, -0.1) is 0 Å². The molecule has 0 atom stereocenters. The van der Waals surface area contributed by atoms with Crippen molar-refractivity contribution in [2.75, 3.05) is 31.1 Å². The van der Waals surface area contributed by atoms with E-state index >= 15 is 0 Å². The van der Waals surface area contributed by atoms with E-state index in [-0.39, 0.29) is 5.91 Å². The van der Waals surface area contributed by atoms with Gasteiger partial charge in [0.15, 0.2) is 0 Å². The summed E-state index contributed by atoms with van der Waals surface area (Å²) in [4.78, 5) is 21.4. The third-order valence-electron chi connectivity index (χ3n) is 5.09. The van der Waals surface area contributed by atoms with Crippen molar-refractivity contribution in [3.05, 3.63) is 39.9 Å². The summed E-state index contributed by atoms with van der Waals surface area (Å²) in [5.41, 5.74) is 4.11. The number of pyridine rings is 1. The Labute approximate surface area is 159 Å². The van der Waals surface area contributed by atoms with Crippen molar-refractivity contribution < 1.29 is 9.32 Å². The maximum atomic E-state index is 12.8. The molecule has 0 spiro atoms. The van der Waals surface area contributed by atoms with E-state index < -0.39 is 0 Å². The third-order valence-corrected chi connectivity index (χ3v) is 5.09. The van der Waals surface area contributed by atoms with Crippen LogP contribution in [0.25, 0.3) is 0 Å². The predicted molar refractivity (Wildman–Crippen MR) is 102 cm³/mol. The molecule has 0 unspecified atom stereocenters. The highest BCUT2D eigenvalue weighted by atomic mass is 16.5. The molecule has 0 N–H and O–H groups in total. The molecule has 1 fully saturated rings. The summed E-state index contributed by atoms with van der Waals surface area (Å²) in [6, 6.07) is 4.21. The number of anilines is 1. The van der Waals surface area contributed by atoms with Gasteiger partial charge in [0.2, 0.25) is 5.91 Å². The fourth-order valence-corrected chi connectivity index (χ4v) is 3.58. The molecule has 3 rings (SSSR count). The van der Waals surface area contributed by atoms with E-state index in [0.717, 1.165) is 41.3 Å². The Hall–Kier alpha value is -2.88. The Morgan fingerprint density at radius 1 is 1.22 bits per heavy atom. The summed E-state index contributed by atoms with van der Waals surface area (Å²) in [6.45, 7) is 10.3. The van der Waals surface area contributed by atoms with Crippen LogP contribution in [0.5, 0.6) is 0 Å². The summed E-state index contributed by atoms with van der Waals surface area (Å²) in [5.74, 6) is 1.52. The number of rotatable bonds is 3. The number of hydrogen-bond donors (Lipinski definition) is 0. The van der Waals surface area contributed by atoms with Crippen LogP contribution in [0.4, 0.5) is 5.82 Å². The van der Waals surface area contributed by atoms with Crippen LogP contribution >= 0.6 is 0 Å². The van der Waals surface area contributed by atoms with Crippen LogP contribution in [0.15, 0.2) is 10.6 Å². The average molecular weight is 367 g/mol. The lowest BCUT2D eigenvalue weighted by atomic mass is 10.1. The molecule has 0 saturated carbocycles. The Kier molecular flexibility index (Phi) is 5.45. The molecule has 7 heteroatoms. The van der Waals surface area contributed by atoms with Crippen LogP contribution in [-0.2, 0) is 11.2 Å². The van der Waals surface area contributed by atoms with Crippen LogP contribution in [0.1, 0.15) is 40.3 Å². The second-order valence-electron chi connectivity index (χ2n) is 7.09. The molecule has 3 heterocycles. The predicted octanol–water partition coefficient (Wildman–Crippen LogP) is 2.46. The van der Waals surface area contributed by atoms with Gasteiger partial charge >= 0.3 is 0 Å². The van der Waals surface area contributed by atoms with Gasteiger partial charge in [-0.1, -0.05) is 5.16 Å². The van der Waals surface area contributed by atoms with Gasteiger partial charge in [-0.25, -0.2) is 4.98 Å². The van der Waals surface area contributed by atoms with Crippen molar-refractivity contribution in [1.82, 2.24) is 15.0 Å². The fourth-order valence-electron chi connectivity index (χ4n) is 3.58. The highest BCUT2D eigenvalue weighted by molar-refractivity contribution is 5.79. The first-order valence-electron chi connectivity index (χ1n) is 9.23. The van der Waals surface area contributed by atoms with Gasteiger partial charge in [-0.2, -0.15) is 5.26 Å². The average Bonchev–Trinajstić information content (AvgIpc) is 2.84. The molecule has 0 aliphatic carbocycles. The number of carbonyl (C=O) groups excluding carboxylic acids is 1. The highest BCUT2D eigenvalue weighted by Crippen LogP contribution is 2.23. The number of aryl methyl sites for hydroxylation is 4. The maximum absolute atomic E-state index is 12.8. The molecular formula is C20H25N5O2. The highest BCUT2D eigenvalue weighted by Gasteiger charge is 2.24. The van der Waals surface area contributed by atoms with Gasteiger partial charge < -0.3 is 14.3 Å². The van der Waals surface area contributed by atoms with Gasteiger partial charge in [-0.05, 0) is 45.7 Å². The van der Waals surface area contributed by atoms with Crippen LogP contribution in [-0.4, -0.2) is 47.1 Å². The lowest BCUT2D eigenvalue weighted by Gasteiger charge is -2.24. The van der Waals surface area contributed by atoms with E-state index in [4.69, 9.17) is 4.52 Å². The van der Waals surface area contributed by atoms with E-state index in [1.165, 1.54) is 0 Å². The van der Waals surface area contributed by atoms with E-state index in [9.17, 15) is 10.1 Å². The van der Waals surface area contributed by atoms with Crippen molar-refractivity contribution in [3.63, 3.8) is 0 Å². The number of hydrogen-bond acceptors (Lipinski definition) is 6. The molecule has 1 saturated heterocycles. The number of nitrogens with zero attached hydrogens (tertiary/aromatic N) is 5. The van der Waals surface area contributed by atoms with Gasteiger partial charge in [0.1, 0.15) is 17.6 Å². The first-order valence-corrected chi connectivity index (χ1v) is 9.23. The topological polar surface area (TPSA) is 86.3 Å². The first kappa shape index (κ1) is 18.9. The SMILES string of the molecule is Cc1cc(C)c(C#N)c(N2CCCN(C(=O)Cc3c(C)noc3C)CC2)n1. The molecule has 0 bridgehead atoms. The molecule has 27 heavy (non-hydrogen) atoms. The van der Waals surface area contributed by atoms with Crippen LogP contribution < -0.4 is 4.90 Å². The summed E-state index contributed by atoms with van der Waals surface area (Å²) >= 11 is 0. The van der Waals surface area contributed by atoms with Crippen molar-refractivity contribution in [1.29, 1.82) is 5.26 Å². The van der Waals surface area contributed by atoms with Crippen molar-refractivity contribution in [3.8, 4) is 6.07 Å². The summed E-state index contributed by atoms with van der Waals surface area (Å²) in [6.07, 6.45) is 1.15. The quantitative estimate of drug-likeness (QED) is 0.828. The lowest BCUT2D eigenvalue weighted by Crippen LogP contribution is -2.36. The summed E-state index contributed by atoms with van der Waals surface area (Å²) in [7, 11) is 0. The molecule has 7 nitrogen and oxygen atoms in total. The second-order valence-corrected chi connectivity index (χ2v) is 7.09. The number of aromatic nitrogens is 2. The minimum Gasteiger partial charge on any atom is -0.361 e. The molecule has 0 radical (unpaired) electrons. The molecule has 2 aromatic heterocycles. The summed E-state index contributed by atoms with van der Waals surface area (Å²) < 4.78 is 5.16. The van der Waals surface area contributed by atoms with Gasteiger partial charge in [0.05, 0.1) is 17.7 Å². The van der Waals surface area contributed by atoms with Crippen LogP contribution in [0.2, 0.25) is 0 Å². The zero-order valence-electron chi connectivity index (χ0n) is 16.4. The Morgan fingerprint density at radius 2 is 2.00 bits per heavy atom. The normalized spacial score (nSPS) is 14.8.